The normalized spacial score (nSPS) is 11.3. The van der Waals surface area contributed by atoms with E-state index in [-0.39, 0.29) is 28.7 Å². The molecule has 0 fully saturated rings. The van der Waals surface area contributed by atoms with Gasteiger partial charge in [-0.1, -0.05) is 48.2 Å². The molecule has 3 aromatic carbocycles. The summed E-state index contributed by atoms with van der Waals surface area (Å²) in [4.78, 5) is 11.5. The maximum atomic E-state index is 11.5. The smallest absolute Gasteiger partial charge is 0.571 e. The molecule has 0 atom stereocenters. The van der Waals surface area contributed by atoms with Gasteiger partial charge in [-0.15, -0.1) is 10.2 Å². The Hall–Kier alpha value is -3.28. The summed E-state index contributed by atoms with van der Waals surface area (Å²) in [6, 6.07) is 16.5. The third-order valence-electron chi connectivity index (χ3n) is 4.65. The van der Waals surface area contributed by atoms with Crippen LogP contribution < -0.4 is 0 Å². The third kappa shape index (κ3) is 5.87. The largest absolute Gasteiger partial charge is 1.00 e. The second-order valence-electron chi connectivity index (χ2n) is 7.16. The zero-order chi connectivity index (χ0) is 21.7. The number of hydrogen-bond acceptors (Lipinski definition) is 4. The SMILES string of the molecule is Cc1ccc([N-]/N=C(/N=Nc2cc(C)cc(C)c2C=O)c2ccccc2C)c(O)c1.[Cu+]. The van der Waals surface area contributed by atoms with E-state index in [0.29, 0.717) is 16.9 Å². The van der Waals surface area contributed by atoms with Crippen molar-refractivity contribution in [2.75, 3.05) is 0 Å². The molecule has 0 aromatic heterocycles. The van der Waals surface area contributed by atoms with Crippen LogP contribution in [0.15, 0.2) is 69.9 Å². The fraction of sp³-hybridized carbons (Fsp3) is 0.167. The molecule has 0 amide bonds. The molecular formula is C24H23CuN4O2. The summed E-state index contributed by atoms with van der Waals surface area (Å²) in [5, 5.41) is 23.0. The summed E-state index contributed by atoms with van der Waals surface area (Å²) < 4.78 is 0. The first-order chi connectivity index (χ1) is 14.4. The number of benzene rings is 3. The number of phenolic OH excluding ortho intramolecular Hbond substituents is 1. The number of nitrogens with zero attached hydrogens (tertiary/aromatic N) is 4. The van der Waals surface area contributed by atoms with Crippen LogP contribution in [0.4, 0.5) is 11.4 Å². The van der Waals surface area contributed by atoms with E-state index in [9.17, 15) is 9.90 Å². The Bertz CT molecular complexity index is 1160. The maximum absolute atomic E-state index is 11.5. The zero-order valence-electron chi connectivity index (χ0n) is 17.7. The number of hydrogen-bond donors (Lipinski definition) is 1. The maximum Gasteiger partial charge on any atom is 1.00 e. The van der Waals surface area contributed by atoms with E-state index < -0.39 is 0 Å². The van der Waals surface area contributed by atoms with Crippen molar-refractivity contribution in [3.05, 3.63) is 93.4 Å². The van der Waals surface area contributed by atoms with Gasteiger partial charge in [-0.3, -0.25) is 4.79 Å². The van der Waals surface area contributed by atoms with Crippen molar-refractivity contribution < 1.29 is 27.0 Å². The number of aromatic hydroxyl groups is 1. The third-order valence-corrected chi connectivity index (χ3v) is 4.65. The van der Waals surface area contributed by atoms with Crippen molar-refractivity contribution in [3.63, 3.8) is 0 Å². The Morgan fingerprint density at radius 2 is 1.68 bits per heavy atom. The van der Waals surface area contributed by atoms with Gasteiger partial charge in [0.15, 0.2) is 12.1 Å². The second-order valence-corrected chi connectivity index (χ2v) is 7.16. The average molecular weight is 463 g/mol. The van der Waals surface area contributed by atoms with Crippen LogP contribution in [0.5, 0.6) is 5.75 Å². The van der Waals surface area contributed by atoms with Gasteiger partial charge in [-0.05, 0) is 62.1 Å². The second kappa shape index (κ2) is 10.7. The number of phenols is 1. The van der Waals surface area contributed by atoms with Gasteiger partial charge in [-0.2, -0.15) is 0 Å². The van der Waals surface area contributed by atoms with Crippen LogP contribution in [-0.4, -0.2) is 17.2 Å². The van der Waals surface area contributed by atoms with Gasteiger partial charge >= 0.3 is 17.1 Å². The number of aryl methyl sites for hydroxylation is 4. The molecule has 0 spiro atoms. The van der Waals surface area contributed by atoms with Crippen molar-refractivity contribution in [1.29, 1.82) is 0 Å². The Morgan fingerprint density at radius 1 is 0.935 bits per heavy atom. The first-order valence-corrected chi connectivity index (χ1v) is 9.51. The standard InChI is InChI=1S/C24H24N4O2.Cu/c1-15-9-10-21(23(30)13-15)25-27-24(19-8-6-5-7-17(19)3)28-26-22-12-16(2)11-18(4)20(22)14-29;/h5-14H,1-4H3,(H2,25,26,27,28,29,30);/q;+1/p-1. The molecule has 6 nitrogen and oxygen atoms in total. The predicted molar refractivity (Wildman–Crippen MR) is 119 cm³/mol. The molecular weight excluding hydrogens is 440 g/mol. The van der Waals surface area contributed by atoms with E-state index >= 15 is 0 Å². The van der Waals surface area contributed by atoms with Gasteiger partial charge in [0.1, 0.15) is 5.75 Å². The minimum Gasteiger partial charge on any atom is -0.571 e. The van der Waals surface area contributed by atoms with Gasteiger partial charge in [0.25, 0.3) is 0 Å². The summed E-state index contributed by atoms with van der Waals surface area (Å²) in [7, 11) is 0. The first kappa shape index (κ1) is 24.0. The van der Waals surface area contributed by atoms with Gasteiger partial charge < -0.3 is 15.6 Å². The number of amidine groups is 1. The Morgan fingerprint density at radius 3 is 2.35 bits per heavy atom. The van der Waals surface area contributed by atoms with Crippen LogP contribution in [0.3, 0.4) is 0 Å². The number of carbonyl (C=O) groups excluding carboxylic acids is 1. The number of rotatable bonds is 5. The van der Waals surface area contributed by atoms with Crippen molar-refractivity contribution >= 4 is 23.5 Å². The van der Waals surface area contributed by atoms with Gasteiger partial charge in [0.2, 0.25) is 0 Å². The van der Waals surface area contributed by atoms with Crippen LogP contribution in [0.1, 0.15) is 38.2 Å². The number of aldehydes is 1. The first-order valence-electron chi connectivity index (χ1n) is 9.51. The zero-order valence-corrected chi connectivity index (χ0v) is 18.7. The van der Waals surface area contributed by atoms with Crippen molar-refractivity contribution in [2.24, 2.45) is 15.3 Å². The predicted octanol–water partition coefficient (Wildman–Crippen LogP) is 6.59. The Balaban J connectivity index is 0.00000341. The molecule has 0 aliphatic rings. The minimum atomic E-state index is 0. The summed E-state index contributed by atoms with van der Waals surface area (Å²) in [5.41, 5.74) is 9.92. The summed E-state index contributed by atoms with van der Waals surface area (Å²) in [6.07, 6.45) is 0.780. The molecule has 3 rings (SSSR count). The molecule has 7 heteroatoms. The van der Waals surface area contributed by atoms with Gasteiger partial charge in [0.05, 0.1) is 5.69 Å². The van der Waals surface area contributed by atoms with Crippen molar-refractivity contribution in [3.8, 4) is 5.75 Å². The molecule has 0 bridgehead atoms. The van der Waals surface area contributed by atoms with E-state index in [1.807, 2.05) is 64.1 Å². The summed E-state index contributed by atoms with van der Waals surface area (Å²) >= 11 is 0. The summed E-state index contributed by atoms with van der Waals surface area (Å²) in [5.74, 6) is 0.321. The molecule has 0 radical (unpaired) electrons. The fourth-order valence-corrected chi connectivity index (χ4v) is 3.06. The molecule has 162 valence electrons. The quantitative estimate of drug-likeness (QED) is 0.116. The molecule has 0 aliphatic heterocycles. The van der Waals surface area contributed by atoms with Crippen LogP contribution in [-0.2, 0) is 17.1 Å². The van der Waals surface area contributed by atoms with E-state index in [1.54, 1.807) is 18.2 Å². The van der Waals surface area contributed by atoms with Crippen LogP contribution in [0, 0.1) is 27.7 Å². The van der Waals surface area contributed by atoms with E-state index in [4.69, 9.17) is 0 Å². The molecule has 0 aliphatic carbocycles. The van der Waals surface area contributed by atoms with Gasteiger partial charge in [-0.25, -0.2) is 0 Å². The van der Waals surface area contributed by atoms with E-state index in [0.717, 1.165) is 34.1 Å². The van der Waals surface area contributed by atoms with Crippen LogP contribution in [0.25, 0.3) is 5.43 Å². The van der Waals surface area contributed by atoms with E-state index in [2.05, 4.69) is 20.8 Å². The monoisotopic (exact) mass is 462 g/mol. The van der Waals surface area contributed by atoms with Crippen LogP contribution >= 0.6 is 0 Å². The molecule has 0 saturated heterocycles. The van der Waals surface area contributed by atoms with Crippen molar-refractivity contribution in [1.82, 2.24) is 0 Å². The van der Waals surface area contributed by atoms with Crippen LogP contribution in [0.2, 0.25) is 0 Å². The molecule has 0 unspecified atom stereocenters. The Kier molecular flexibility index (Phi) is 8.25. The average Bonchev–Trinajstić information content (AvgIpc) is 2.70. The topological polar surface area (TPSA) is 88.5 Å². The van der Waals surface area contributed by atoms with Crippen molar-refractivity contribution in [2.45, 2.75) is 27.7 Å². The molecule has 31 heavy (non-hydrogen) atoms. The number of carbonyl (C=O) groups is 1. The fourth-order valence-electron chi connectivity index (χ4n) is 3.06. The molecule has 0 heterocycles. The molecule has 1 N–H and O–H groups in total. The minimum absolute atomic E-state index is 0. The Labute approximate surface area is 192 Å². The number of azo groups is 1. The molecule has 0 saturated carbocycles. The van der Waals surface area contributed by atoms with E-state index in [1.165, 1.54) is 0 Å². The summed E-state index contributed by atoms with van der Waals surface area (Å²) in [6.45, 7) is 7.62. The van der Waals surface area contributed by atoms with Gasteiger partial charge in [0, 0.05) is 11.1 Å². The molecule has 3 aromatic rings.